The van der Waals surface area contributed by atoms with Gasteiger partial charge in [-0.25, -0.2) is 4.98 Å². The molecule has 3 rings (SSSR count). The highest BCUT2D eigenvalue weighted by atomic mass is 32.1. The van der Waals surface area contributed by atoms with Gasteiger partial charge in [0.15, 0.2) is 5.13 Å². The van der Waals surface area contributed by atoms with Crippen LogP contribution in [0.15, 0.2) is 17.5 Å². The van der Waals surface area contributed by atoms with Crippen LogP contribution in [0.2, 0.25) is 0 Å². The maximum absolute atomic E-state index is 12.1. The van der Waals surface area contributed by atoms with E-state index >= 15 is 0 Å². The number of nitrogens with one attached hydrogen (secondary N) is 2. The summed E-state index contributed by atoms with van der Waals surface area (Å²) in [7, 11) is 0. The number of hydrogen-bond acceptors (Lipinski definition) is 6. The van der Waals surface area contributed by atoms with E-state index in [9.17, 15) is 9.59 Å². The molecule has 0 saturated heterocycles. The van der Waals surface area contributed by atoms with Gasteiger partial charge < -0.3 is 5.32 Å². The van der Waals surface area contributed by atoms with E-state index in [-0.39, 0.29) is 17.4 Å². The number of anilines is 1. The van der Waals surface area contributed by atoms with Gasteiger partial charge in [-0.1, -0.05) is 6.07 Å². The predicted molar refractivity (Wildman–Crippen MR) is 101 cm³/mol. The number of carbonyl (C=O) groups is 2. The zero-order valence-electron chi connectivity index (χ0n) is 14.6. The lowest BCUT2D eigenvalue weighted by molar-refractivity contribution is -0.123. The van der Waals surface area contributed by atoms with Gasteiger partial charge in [0.25, 0.3) is 5.91 Å². The van der Waals surface area contributed by atoms with Gasteiger partial charge in [-0.3, -0.25) is 19.8 Å². The summed E-state index contributed by atoms with van der Waals surface area (Å²) in [5, 5.41) is 8.36. The monoisotopic (exact) mass is 378 g/mol. The Hall–Kier alpha value is -1.77. The number of aromatic nitrogens is 1. The van der Waals surface area contributed by atoms with Crippen molar-refractivity contribution >= 4 is 39.6 Å². The van der Waals surface area contributed by atoms with Gasteiger partial charge in [-0.15, -0.1) is 22.7 Å². The largest absolute Gasteiger partial charge is 0.350 e. The zero-order chi connectivity index (χ0) is 18.0. The van der Waals surface area contributed by atoms with Crippen molar-refractivity contribution in [1.29, 1.82) is 0 Å². The second-order valence-corrected chi connectivity index (χ2v) is 9.11. The lowest BCUT2D eigenvalue weighted by atomic mass is 10.1. The fourth-order valence-corrected chi connectivity index (χ4v) is 4.33. The number of hydrogen-bond donors (Lipinski definition) is 2. The molecule has 0 aliphatic carbocycles. The molecule has 2 aromatic rings. The molecule has 25 heavy (non-hydrogen) atoms. The standard InChI is InChI=1S/C17H22N4O2S2/c1-17(2,3)20-14(22)10-21-7-6-11-13(9-21)25-16(18-11)19-15(23)12-5-4-8-24-12/h4-5,8H,6-7,9-10H2,1-3H3,(H,20,22)(H,18,19,23). The number of carbonyl (C=O) groups excluding carboxylic acids is 2. The van der Waals surface area contributed by atoms with Crippen LogP contribution in [0.5, 0.6) is 0 Å². The molecule has 2 amide bonds. The first-order valence-corrected chi connectivity index (χ1v) is 9.86. The van der Waals surface area contributed by atoms with E-state index in [1.165, 1.54) is 22.7 Å². The van der Waals surface area contributed by atoms with Crippen LogP contribution in [-0.4, -0.2) is 40.3 Å². The molecule has 134 valence electrons. The van der Waals surface area contributed by atoms with E-state index < -0.39 is 0 Å². The van der Waals surface area contributed by atoms with Gasteiger partial charge >= 0.3 is 0 Å². The van der Waals surface area contributed by atoms with E-state index in [4.69, 9.17) is 0 Å². The second kappa shape index (κ2) is 7.23. The molecule has 8 heteroatoms. The fourth-order valence-electron chi connectivity index (χ4n) is 2.66. The molecular weight excluding hydrogens is 356 g/mol. The third-order valence-electron chi connectivity index (χ3n) is 3.66. The van der Waals surface area contributed by atoms with Crippen LogP contribution < -0.4 is 10.6 Å². The minimum absolute atomic E-state index is 0.0340. The zero-order valence-corrected chi connectivity index (χ0v) is 16.2. The molecule has 0 spiro atoms. The van der Waals surface area contributed by atoms with Crippen molar-refractivity contribution in [1.82, 2.24) is 15.2 Å². The highest BCUT2D eigenvalue weighted by Gasteiger charge is 2.24. The number of thiophene rings is 1. The van der Waals surface area contributed by atoms with Crippen molar-refractivity contribution in [3.8, 4) is 0 Å². The lowest BCUT2D eigenvalue weighted by Crippen LogP contribution is -2.46. The van der Waals surface area contributed by atoms with Crippen molar-refractivity contribution < 1.29 is 9.59 Å². The third-order valence-corrected chi connectivity index (χ3v) is 5.52. The van der Waals surface area contributed by atoms with Crippen molar-refractivity contribution in [3.05, 3.63) is 33.0 Å². The van der Waals surface area contributed by atoms with Crippen LogP contribution in [0.3, 0.4) is 0 Å². The van der Waals surface area contributed by atoms with Crippen LogP contribution in [0.4, 0.5) is 5.13 Å². The minimum Gasteiger partial charge on any atom is -0.350 e. The summed E-state index contributed by atoms with van der Waals surface area (Å²) >= 11 is 2.90. The lowest BCUT2D eigenvalue weighted by Gasteiger charge is -2.27. The molecular formula is C17H22N4O2S2. The quantitative estimate of drug-likeness (QED) is 0.858. The van der Waals surface area contributed by atoms with E-state index in [0.717, 1.165) is 23.5 Å². The van der Waals surface area contributed by atoms with Crippen LogP contribution in [0, 0.1) is 0 Å². The Labute approximate surface area is 155 Å². The molecule has 6 nitrogen and oxygen atoms in total. The summed E-state index contributed by atoms with van der Waals surface area (Å²) in [6, 6.07) is 3.65. The van der Waals surface area contributed by atoms with Crippen LogP contribution >= 0.6 is 22.7 Å². The van der Waals surface area contributed by atoms with Crippen LogP contribution in [-0.2, 0) is 17.8 Å². The highest BCUT2D eigenvalue weighted by Crippen LogP contribution is 2.28. The van der Waals surface area contributed by atoms with Crippen molar-refractivity contribution in [2.75, 3.05) is 18.4 Å². The van der Waals surface area contributed by atoms with Gasteiger partial charge in [0.2, 0.25) is 5.91 Å². The van der Waals surface area contributed by atoms with Crippen molar-refractivity contribution in [2.24, 2.45) is 0 Å². The maximum atomic E-state index is 12.1. The second-order valence-electron chi connectivity index (χ2n) is 7.08. The van der Waals surface area contributed by atoms with Gasteiger partial charge in [-0.05, 0) is 32.2 Å². The number of amides is 2. The molecule has 0 atom stereocenters. The molecule has 0 fully saturated rings. The SMILES string of the molecule is CC(C)(C)NC(=O)CN1CCc2nc(NC(=O)c3cccs3)sc2C1. The molecule has 0 aromatic carbocycles. The van der Waals surface area contributed by atoms with Gasteiger partial charge in [0.1, 0.15) is 0 Å². The molecule has 0 saturated carbocycles. The molecule has 1 aliphatic rings. The van der Waals surface area contributed by atoms with E-state index in [1.807, 2.05) is 32.2 Å². The molecule has 0 bridgehead atoms. The molecule has 3 heterocycles. The normalized spacial score (nSPS) is 14.8. The average molecular weight is 379 g/mol. The van der Waals surface area contributed by atoms with Crippen LogP contribution in [0.25, 0.3) is 0 Å². The van der Waals surface area contributed by atoms with Gasteiger partial charge in [0, 0.05) is 29.9 Å². The Morgan fingerprint density at radius 3 is 2.84 bits per heavy atom. The first-order valence-electron chi connectivity index (χ1n) is 8.17. The summed E-state index contributed by atoms with van der Waals surface area (Å²) in [5.41, 5.74) is 0.806. The number of fused-ring (bicyclic) bond motifs is 1. The van der Waals surface area contributed by atoms with Crippen molar-refractivity contribution in [2.45, 2.75) is 39.3 Å². The maximum Gasteiger partial charge on any atom is 0.267 e. The van der Waals surface area contributed by atoms with E-state index in [0.29, 0.717) is 23.1 Å². The number of thiazole rings is 1. The van der Waals surface area contributed by atoms with Crippen LogP contribution in [0.1, 0.15) is 41.0 Å². The molecule has 0 radical (unpaired) electrons. The minimum atomic E-state index is -0.220. The predicted octanol–water partition coefficient (Wildman–Crippen LogP) is 2.73. The Balaban J connectivity index is 1.59. The van der Waals surface area contributed by atoms with Gasteiger partial charge in [-0.2, -0.15) is 0 Å². The van der Waals surface area contributed by atoms with E-state index in [2.05, 4.69) is 20.5 Å². The first-order chi connectivity index (χ1) is 11.8. The summed E-state index contributed by atoms with van der Waals surface area (Å²) in [6.45, 7) is 7.80. The summed E-state index contributed by atoms with van der Waals surface area (Å²) in [5.74, 6) is -0.0887. The Bertz CT molecular complexity index is 762. The smallest absolute Gasteiger partial charge is 0.267 e. The topological polar surface area (TPSA) is 74.3 Å². The molecule has 0 unspecified atom stereocenters. The molecule has 1 aliphatic heterocycles. The summed E-state index contributed by atoms with van der Waals surface area (Å²) in [4.78, 5) is 32.7. The number of rotatable bonds is 4. The first kappa shape index (κ1) is 18.0. The Kier molecular flexibility index (Phi) is 5.21. The molecule has 2 N–H and O–H groups in total. The summed E-state index contributed by atoms with van der Waals surface area (Å²) < 4.78 is 0. The average Bonchev–Trinajstić information content (AvgIpc) is 3.13. The Morgan fingerprint density at radius 2 is 2.16 bits per heavy atom. The number of nitrogens with zero attached hydrogens (tertiary/aromatic N) is 2. The van der Waals surface area contributed by atoms with Crippen molar-refractivity contribution in [3.63, 3.8) is 0 Å². The molecule has 2 aromatic heterocycles. The fraction of sp³-hybridized carbons (Fsp3) is 0.471. The highest BCUT2D eigenvalue weighted by molar-refractivity contribution is 7.16. The van der Waals surface area contributed by atoms with Gasteiger partial charge in [0.05, 0.1) is 17.1 Å². The van der Waals surface area contributed by atoms with E-state index in [1.54, 1.807) is 6.07 Å². The summed E-state index contributed by atoms with van der Waals surface area (Å²) in [6.07, 6.45) is 0.795. The Morgan fingerprint density at radius 1 is 1.36 bits per heavy atom. The third kappa shape index (κ3) is 4.87.